The number of fused-ring (bicyclic) bond motifs is 1. The molecule has 27 heavy (non-hydrogen) atoms. The molecule has 1 aromatic heterocycles. The number of ether oxygens (including phenoxy) is 1. The molecule has 0 aliphatic rings. The molecule has 0 fully saturated rings. The van der Waals surface area contributed by atoms with Gasteiger partial charge in [0.1, 0.15) is 18.7 Å². The fourth-order valence-electron chi connectivity index (χ4n) is 2.83. The maximum absolute atomic E-state index is 12.5. The third kappa shape index (κ3) is 3.96. The Morgan fingerprint density at radius 2 is 1.78 bits per heavy atom. The predicted molar refractivity (Wildman–Crippen MR) is 107 cm³/mol. The Bertz CT molecular complexity index is 1100. The molecule has 4 aromatic rings. The third-order valence-corrected chi connectivity index (χ3v) is 4.22. The fraction of sp³-hybridized carbons (Fsp3) is 0.0435. The molecular weight excluding hydrogens is 336 g/mol. The normalized spacial score (nSPS) is 11.1. The van der Waals surface area contributed by atoms with E-state index in [0.717, 1.165) is 27.9 Å². The summed E-state index contributed by atoms with van der Waals surface area (Å²) in [5.74, 6) is 0.626. The van der Waals surface area contributed by atoms with Gasteiger partial charge in [0.2, 0.25) is 0 Å². The van der Waals surface area contributed by atoms with Crippen LogP contribution in [0.5, 0.6) is 5.75 Å². The Kier molecular flexibility index (Phi) is 4.79. The summed E-state index contributed by atoms with van der Waals surface area (Å²) in [5.41, 5.74) is 3.61. The van der Waals surface area contributed by atoms with Gasteiger partial charge in [-0.1, -0.05) is 54.6 Å². The molecule has 0 radical (unpaired) electrons. The summed E-state index contributed by atoms with van der Waals surface area (Å²) < 4.78 is 7.38. The smallest absolute Gasteiger partial charge is 0.256 e. The minimum Gasteiger partial charge on any atom is -0.489 e. The van der Waals surface area contributed by atoms with Gasteiger partial charge in [-0.05, 0) is 41.5 Å². The van der Waals surface area contributed by atoms with Crippen molar-refractivity contribution in [1.29, 1.82) is 0 Å². The van der Waals surface area contributed by atoms with E-state index in [1.807, 2.05) is 78.9 Å². The van der Waals surface area contributed by atoms with Crippen LogP contribution in [-0.2, 0) is 6.61 Å². The van der Waals surface area contributed by atoms with E-state index in [1.165, 1.54) is 0 Å². The standard InChI is InChI=1S/C23H18N2O2/c26-23(25-17-24-21-11-4-5-12-22(21)25)14-13-18-9-6-10-20(15-18)27-16-19-7-2-1-3-8-19/h1-15,17H,16H2/b14-13+. The molecular formula is C23H18N2O2. The maximum atomic E-state index is 12.5. The zero-order valence-corrected chi connectivity index (χ0v) is 14.7. The third-order valence-electron chi connectivity index (χ3n) is 4.22. The Morgan fingerprint density at radius 1 is 0.963 bits per heavy atom. The number of nitrogens with zero attached hydrogens (tertiary/aromatic N) is 2. The van der Waals surface area contributed by atoms with Gasteiger partial charge in [0.25, 0.3) is 5.91 Å². The molecule has 0 saturated heterocycles. The minimum absolute atomic E-state index is 0.140. The highest BCUT2D eigenvalue weighted by Gasteiger charge is 2.06. The van der Waals surface area contributed by atoms with E-state index in [2.05, 4.69) is 4.98 Å². The van der Waals surface area contributed by atoms with Crippen molar-refractivity contribution in [2.45, 2.75) is 6.61 Å². The average molecular weight is 354 g/mol. The molecule has 0 bridgehead atoms. The number of para-hydroxylation sites is 2. The van der Waals surface area contributed by atoms with Crippen LogP contribution >= 0.6 is 0 Å². The van der Waals surface area contributed by atoms with Crippen molar-refractivity contribution in [3.05, 3.63) is 102 Å². The monoisotopic (exact) mass is 354 g/mol. The van der Waals surface area contributed by atoms with Gasteiger partial charge in [-0.25, -0.2) is 4.98 Å². The number of benzene rings is 3. The van der Waals surface area contributed by atoms with E-state index in [-0.39, 0.29) is 5.91 Å². The Balaban J connectivity index is 1.46. The Morgan fingerprint density at radius 3 is 2.67 bits per heavy atom. The van der Waals surface area contributed by atoms with Crippen molar-refractivity contribution in [2.24, 2.45) is 0 Å². The number of imidazole rings is 1. The van der Waals surface area contributed by atoms with Crippen LogP contribution < -0.4 is 4.74 Å². The lowest BCUT2D eigenvalue weighted by atomic mass is 10.2. The van der Waals surface area contributed by atoms with Gasteiger partial charge < -0.3 is 4.74 Å². The molecule has 0 atom stereocenters. The van der Waals surface area contributed by atoms with Crippen molar-refractivity contribution in [3.8, 4) is 5.75 Å². The minimum atomic E-state index is -0.140. The van der Waals surface area contributed by atoms with Gasteiger partial charge in [0.05, 0.1) is 11.0 Å². The Labute approximate surface area is 157 Å². The van der Waals surface area contributed by atoms with Gasteiger partial charge in [-0.15, -0.1) is 0 Å². The molecule has 0 spiro atoms. The maximum Gasteiger partial charge on any atom is 0.256 e. The lowest BCUT2D eigenvalue weighted by molar-refractivity contribution is 0.0974. The molecule has 132 valence electrons. The zero-order chi connectivity index (χ0) is 18.5. The number of hydrogen-bond donors (Lipinski definition) is 0. The van der Waals surface area contributed by atoms with Crippen LogP contribution in [0.15, 0.2) is 91.3 Å². The number of aromatic nitrogens is 2. The molecule has 1 heterocycles. The summed E-state index contributed by atoms with van der Waals surface area (Å²) in [5, 5.41) is 0. The van der Waals surface area contributed by atoms with Crippen molar-refractivity contribution in [2.75, 3.05) is 0 Å². The summed E-state index contributed by atoms with van der Waals surface area (Å²) in [6.45, 7) is 0.508. The van der Waals surface area contributed by atoms with E-state index in [0.29, 0.717) is 6.61 Å². The average Bonchev–Trinajstić information content (AvgIpc) is 3.16. The second kappa shape index (κ2) is 7.70. The van der Waals surface area contributed by atoms with Crippen molar-refractivity contribution in [3.63, 3.8) is 0 Å². The topological polar surface area (TPSA) is 44.1 Å². The summed E-state index contributed by atoms with van der Waals surface area (Å²) in [6, 6.07) is 25.2. The second-order valence-electron chi connectivity index (χ2n) is 6.12. The molecule has 0 aliphatic carbocycles. The molecule has 0 unspecified atom stereocenters. The number of carbonyl (C=O) groups excluding carboxylic acids is 1. The molecule has 3 aromatic carbocycles. The zero-order valence-electron chi connectivity index (χ0n) is 14.7. The first kappa shape index (κ1) is 16.8. The quantitative estimate of drug-likeness (QED) is 0.475. The number of rotatable bonds is 5. The van der Waals surface area contributed by atoms with Crippen molar-refractivity contribution >= 4 is 23.0 Å². The van der Waals surface area contributed by atoms with Crippen LogP contribution in [-0.4, -0.2) is 15.5 Å². The SMILES string of the molecule is O=C(/C=C/c1cccc(OCc2ccccc2)c1)n1cnc2ccccc21. The molecule has 4 rings (SSSR count). The predicted octanol–water partition coefficient (Wildman–Crippen LogP) is 4.97. The van der Waals surface area contributed by atoms with Gasteiger partial charge in [0, 0.05) is 6.08 Å². The van der Waals surface area contributed by atoms with Crippen LogP contribution in [0.3, 0.4) is 0 Å². The summed E-state index contributed by atoms with van der Waals surface area (Å²) >= 11 is 0. The number of hydrogen-bond acceptors (Lipinski definition) is 3. The first-order valence-corrected chi connectivity index (χ1v) is 8.71. The molecule has 0 saturated carbocycles. The van der Waals surface area contributed by atoms with E-state index in [9.17, 15) is 4.79 Å². The fourth-order valence-corrected chi connectivity index (χ4v) is 2.83. The Hall–Kier alpha value is -3.66. The first-order valence-electron chi connectivity index (χ1n) is 8.71. The summed E-state index contributed by atoms with van der Waals surface area (Å²) in [7, 11) is 0. The lowest BCUT2D eigenvalue weighted by Crippen LogP contribution is -2.05. The molecule has 0 aliphatic heterocycles. The largest absolute Gasteiger partial charge is 0.489 e. The van der Waals surface area contributed by atoms with Crippen LogP contribution in [0.1, 0.15) is 15.9 Å². The second-order valence-corrected chi connectivity index (χ2v) is 6.12. The van der Waals surface area contributed by atoms with E-state index < -0.39 is 0 Å². The highest BCUT2D eigenvalue weighted by atomic mass is 16.5. The van der Waals surface area contributed by atoms with Gasteiger partial charge >= 0.3 is 0 Å². The van der Waals surface area contributed by atoms with E-state index >= 15 is 0 Å². The van der Waals surface area contributed by atoms with Gasteiger partial charge in [-0.2, -0.15) is 0 Å². The van der Waals surface area contributed by atoms with Crippen molar-refractivity contribution in [1.82, 2.24) is 9.55 Å². The van der Waals surface area contributed by atoms with Crippen LogP contribution in [0.4, 0.5) is 0 Å². The summed E-state index contributed by atoms with van der Waals surface area (Å²) in [4.78, 5) is 16.7. The van der Waals surface area contributed by atoms with Crippen LogP contribution in [0.2, 0.25) is 0 Å². The van der Waals surface area contributed by atoms with Gasteiger partial charge in [-0.3, -0.25) is 9.36 Å². The molecule has 0 amide bonds. The highest BCUT2D eigenvalue weighted by molar-refractivity contribution is 5.99. The molecule has 4 nitrogen and oxygen atoms in total. The molecule has 4 heteroatoms. The van der Waals surface area contributed by atoms with Gasteiger partial charge in [0.15, 0.2) is 0 Å². The molecule has 0 N–H and O–H groups in total. The lowest BCUT2D eigenvalue weighted by Gasteiger charge is -2.07. The van der Waals surface area contributed by atoms with Crippen molar-refractivity contribution < 1.29 is 9.53 Å². The van der Waals surface area contributed by atoms with E-state index in [4.69, 9.17) is 4.74 Å². The van der Waals surface area contributed by atoms with Crippen LogP contribution in [0, 0.1) is 0 Å². The first-order chi connectivity index (χ1) is 13.3. The van der Waals surface area contributed by atoms with Crippen LogP contribution in [0.25, 0.3) is 17.1 Å². The summed E-state index contributed by atoms with van der Waals surface area (Å²) in [6.07, 6.45) is 4.88. The highest BCUT2D eigenvalue weighted by Crippen LogP contribution is 2.17. The number of carbonyl (C=O) groups is 1. The number of allylic oxidation sites excluding steroid dienone is 1. The van der Waals surface area contributed by atoms with E-state index in [1.54, 1.807) is 23.0 Å².